The van der Waals surface area contributed by atoms with E-state index in [1.54, 1.807) is 0 Å². The number of rotatable bonds is 4. The highest BCUT2D eigenvalue weighted by Crippen LogP contribution is 2.10. The van der Waals surface area contributed by atoms with Crippen molar-refractivity contribution < 1.29 is 4.79 Å². The van der Waals surface area contributed by atoms with Crippen molar-refractivity contribution in [3.63, 3.8) is 0 Å². The Morgan fingerprint density at radius 2 is 1.84 bits per heavy atom. The maximum Gasteiger partial charge on any atom is 0.236 e. The van der Waals surface area contributed by atoms with Crippen LogP contribution in [0.5, 0.6) is 0 Å². The molecule has 0 aromatic heterocycles. The first-order valence-corrected chi connectivity index (χ1v) is 7.30. The quantitative estimate of drug-likeness (QED) is 0.902. The first-order chi connectivity index (χ1) is 9.27. The van der Waals surface area contributed by atoms with Crippen LogP contribution in [0.15, 0.2) is 24.3 Å². The van der Waals surface area contributed by atoms with Crippen molar-refractivity contribution in [3.05, 3.63) is 35.4 Å². The third kappa shape index (κ3) is 4.35. The Morgan fingerprint density at radius 1 is 1.16 bits per heavy atom. The van der Waals surface area contributed by atoms with Gasteiger partial charge in [-0.3, -0.25) is 4.79 Å². The van der Waals surface area contributed by atoms with Crippen molar-refractivity contribution in [2.45, 2.75) is 39.2 Å². The van der Waals surface area contributed by atoms with E-state index >= 15 is 0 Å². The van der Waals surface area contributed by atoms with Gasteiger partial charge in [0.05, 0.1) is 6.54 Å². The van der Waals surface area contributed by atoms with E-state index in [1.165, 1.54) is 24.0 Å². The van der Waals surface area contributed by atoms with E-state index in [0.29, 0.717) is 6.54 Å². The molecule has 1 aromatic rings. The molecule has 0 spiro atoms. The summed E-state index contributed by atoms with van der Waals surface area (Å²) >= 11 is 0. The summed E-state index contributed by atoms with van der Waals surface area (Å²) in [6.45, 7) is 5.20. The molecule has 1 N–H and O–H groups in total. The number of hydrogen-bond donors (Lipinski definition) is 1. The SMILES string of the molecule is Cc1ccccc1CNCC(=O)N1CCCCCC1. The minimum absolute atomic E-state index is 0.246. The molecule has 3 nitrogen and oxygen atoms in total. The van der Waals surface area contributed by atoms with E-state index in [1.807, 2.05) is 17.0 Å². The maximum atomic E-state index is 12.1. The van der Waals surface area contributed by atoms with Gasteiger partial charge in [-0.25, -0.2) is 0 Å². The van der Waals surface area contributed by atoms with Gasteiger partial charge in [-0.05, 0) is 30.9 Å². The predicted molar refractivity (Wildman–Crippen MR) is 77.9 cm³/mol. The number of nitrogens with one attached hydrogen (secondary N) is 1. The second kappa shape index (κ2) is 7.29. The minimum atomic E-state index is 0.246. The molecule has 1 aliphatic rings. The van der Waals surface area contributed by atoms with Crippen LogP contribution in [0.1, 0.15) is 36.8 Å². The van der Waals surface area contributed by atoms with Crippen molar-refractivity contribution in [3.8, 4) is 0 Å². The topological polar surface area (TPSA) is 32.3 Å². The van der Waals surface area contributed by atoms with Crippen LogP contribution in [0.2, 0.25) is 0 Å². The van der Waals surface area contributed by atoms with Crippen LogP contribution in [-0.4, -0.2) is 30.4 Å². The number of nitrogens with zero attached hydrogens (tertiary/aromatic N) is 1. The lowest BCUT2D eigenvalue weighted by molar-refractivity contribution is -0.130. The van der Waals surface area contributed by atoms with Gasteiger partial charge in [0, 0.05) is 19.6 Å². The van der Waals surface area contributed by atoms with Crippen LogP contribution >= 0.6 is 0 Å². The van der Waals surface area contributed by atoms with Gasteiger partial charge in [0.15, 0.2) is 0 Å². The fraction of sp³-hybridized carbons (Fsp3) is 0.562. The lowest BCUT2D eigenvalue weighted by Gasteiger charge is -2.20. The molecule has 1 heterocycles. The molecule has 0 saturated carbocycles. The van der Waals surface area contributed by atoms with Gasteiger partial charge in [-0.15, -0.1) is 0 Å². The summed E-state index contributed by atoms with van der Waals surface area (Å²) in [5.74, 6) is 0.246. The number of hydrogen-bond acceptors (Lipinski definition) is 2. The molecule has 1 saturated heterocycles. The first-order valence-electron chi connectivity index (χ1n) is 7.30. The Labute approximate surface area is 116 Å². The average Bonchev–Trinajstić information content (AvgIpc) is 2.70. The largest absolute Gasteiger partial charge is 0.342 e. The number of carbonyl (C=O) groups is 1. The van der Waals surface area contributed by atoms with Crippen molar-refractivity contribution >= 4 is 5.91 Å². The molecular weight excluding hydrogens is 236 g/mol. The highest BCUT2D eigenvalue weighted by Gasteiger charge is 2.14. The Bertz CT molecular complexity index is 409. The van der Waals surface area contributed by atoms with E-state index in [9.17, 15) is 4.79 Å². The summed E-state index contributed by atoms with van der Waals surface area (Å²) in [6, 6.07) is 8.30. The van der Waals surface area contributed by atoms with Crippen molar-refractivity contribution in [1.82, 2.24) is 10.2 Å². The second-order valence-electron chi connectivity index (χ2n) is 5.33. The fourth-order valence-corrected chi connectivity index (χ4v) is 2.54. The monoisotopic (exact) mass is 260 g/mol. The summed E-state index contributed by atoms with van der Waals surface area (Å²) in [7, 11) is 0. The molecule has 1 aliphatic heterocycles. The Hall–Kier alpha value is -1.35. The zero-order valence-corrected chi connectivity index (χ0v) is 11.8. The summed E-state index contributed by atoms with van der Waals surface area (Å²) in [5.41, 5.74) is 2.54. The fourth-order valence-electron chi connectivity index (χ4n) is 2.54. The molecule has 0 unspecified atom stereocenters. The van der Waals surface area contributed by atoms with Gasteiger partial charge in [-0.2, -0.15) is 0 Å². The highest BCUT2D eigenvalue weighted by atomic mass is 16.2. The molecular formula is C16H24N2O. The second-order valence-corrected chi connectivity index (χ2v) is 5.33. The molecule has 0 atom stereocenters. The van der Waals surface area contributed by atoms with Gasteiger partial charge < -0.3 is 10.2 Å². The summed E-state index contributed by atoms with van der Waals surface area (Å²) in [4.78, 5) is 14.1. The predicted octanol–water partition coefficient (Wildman–Crippen LogP) is 2.49. The third-order valence-electron chi connectivity index (χ3n) is 3.81. The van der Waals surface area contributed by atoms with E-state index < -0.39 is 0 Å². The van der Waals surface area contributed by atoms with Crippen LogP contribution in [-0.2, 0) is 11.3 Å². The van der Waals surface area contributed by atoms with Gasteiger partial charge in [0.1, 0.15) is 0 Å². The molecule has 0 radical (unpaired) electrons. The zero-order chi connectivity index (χ0) is 13.5. The Morgan fingerprint density at radius 3 is 2.53 bits per heavy atom. The molecule has 104 valence electrons. The Balaban J connectivity index is 1.76. The van der Waals surface area contributed by atoms with Gasteiger partial charge in [0.25, 0.3) is 0 Å². The minimum Gasteiger partial charge on any atom is -0.342 e. The molecule has 1 aromatic carbocycles. The lowest BCUT2D eigenvalue weighted by atomic mass is 10.1. The number of amides is 1. The van der Waals surface area contributed by atoms with E-state index in [-0.39, 0.29) is 5.91 Å². The van der Waals surface area contributed by atoms with Gasteiger partial charge in [0.2, 0.25) is 5.91 Å². The zero-order valence-electron chi connectivity index (χ0n) is 11.8. The lowest BCUT2D eigenvalue weighted by Crippen LogP contribution is -2.38. The molecule has 1 fully saturated rings. The first kappa shape index (κ1) is 14.1. The molecule has 3 heteroatoms. The van der Waals surface area contributed by atoms with Crippen LogP contribution in [0.25, 0.3) is 0 Å². The molecule has 1 amide bonds. The normalized spacial score (nSPS) is 16.2. The molecule has 19 heavy (non-hydrogen) atoms. The van der Waals surface area contributed by atoms with E-state index in [0.717, 1.165) is 32.5 Å². The highest BCUT2D eigenvalue weighted by molar-refractivity contribution is 5.78. The van der Waals surface area contributed by atoms with Crippen LogP contribution in [0.3, 0.4) is 0 Å². The van der Waals surface area contributed by atoms with Crippen LogP contribution in [0, 0.1) is 6.92 Å². The van der Waals surface area contributed by atoms with E-state index in [2.05, 4.69) is 24.4 Å². The standard InChI is InChI=1S/C16H24N2O/c1-14-8-4-5-9-15(14)12-17-13-16(19)18-10-6-2-3-7-11-18/h4-5,8-9,17H,2-3,6-7,10-13H2,1H3. The summed E-state index contributed by atoms with van der Waals surface area (Å²) in [5, 5.41) is 3.27. The van der Waals surface area contributed by atoms with Crippen molar-refractivity contribution in [2.75, 3.05) is 19.6 Å². The van der Waals surface area contributed by atoms with E-state index in [4.69, 9.17) is 0 Å². The number of benzene rings is 1. The summed E-state index contributed by atoms with van der Waals surface area (Å²) in [6.07, 6.45) is 4.84. The molecule has 2 rings (SSSR count). The summed E-state index contributed by atoms with van der Waals surface area (Å²) < 4.78 is 0. The van der Waals surface area contributed by atoms with Gasteiger partial charge >= 0.3 is 0 Å². The third-order valence-corrected chi connectivity index (χ3v) is 3.81. The Kier molecular flexibility index (Phi) is 5.40. The van der Waals surface area contributed by atoms with Crippen molar-refractivity contribution in [1.29, 1.82) is 0 Å². The molecule has 0 bridgehead atoms. The van der Waals surface area contributed by atoms with Gasteiger partial charge in [-0.1, -0.05) is 37.1 Å². The molecule has 0 aliphatic carbocycles. The van der Waals surface area contributed by atoms with Crippen LogP contribution in [0.4, 0.5) is 0 Å². The smallest absolute Gasteiger partial charge is 0.236 e. The maximum absolute atomic E-state index is 12.1. The van der Waals surface area contributed by atoms with Crippen LogP contribution < -0.4 is 5.32 Å². The number of aryl methyl sites for hydroxylation is 1. The number of likely N-dealkylation sites (tertiary alicyclic amines) is 1. The number of carbonyl (C=O) groups excluding carboxylic acids is 1. The average molecular weight is 260 g/mol. The van der Waals surface area contributed by atoms with Crippen molar-refractivity contribution in [2.24, 2.45) is 0 Å².